The maximum Gasteiger partial charge on any atom is 0.138 e. The molecule has 0 spiro atoms. The molecule has 94 valence electrons. The summed E-state index contributed by atoms with van der Waals surface area (Å²) in [7, 11) is 1.49. The smallest absolute Gasteiger partial charge is 0.138 e. The average Bonchev–Trinajstić information content (AvgIpc) is 2.34. The molecular weight excluding hydrogens is 255 g/mol. The molecule has 3 nitrogen and oxygen atoms in total. The van der Waals surface area contributed by atoms with E-state index < -0.39 is 5.82 Å². The molecule has 5 heteroatoms. The van der Waals surface area contributed by atoms with E-state index >= 15 is 0 Å². The summed E-state index contributed by atoms with van der Waals surface area (Å²) in [5.41, 5.74) is 2.56. The zero-order chi connectivity index (χ0) is 13.3. The first-order valence-corrected chi connectivity index (χ1v) is 5.74. The minimum absolute atomic E-state index is 0.238. The summed E-state index contributed by atoms with van der Waals surface area (Å²) in [6, 6.07) is 2.78. The Kier molecular flexibility index (Phi) is 3.48. The number of aromatic nitrogens is 2. The number of methoxy groups -OCH3 is 1. The number of benzene rings is 1. The van der Waals surface area contributed by atoms with Crippen LogP contribution >= 0.6 is 11.6 Å². The molecule has 1 aromatic carbocycles. The van der Waals surface area contributed by atoms with Crippen LogP contribution in [-0.2, 0) is 0 Å². The van der Waals surface area contributed by atoms with E-state index in [1.807, 2.05) is 13.8 Å². The van der Waals surface area contributed by atoms with Crippen LogP contribution < -0.4 is 4.74 Å². The van der Waals surface area contributed by atoms with E-state index in [2.05, 4.69) is 9.97 Å². The molecule has 0 amide bonds. The van der Waals surface area contributed by atoms with Gasteiger partial charge in [0.15, 0.2) is 0 Å². The minimum Gasteiger partial charge on any atom is -0.495 e. The first kappa shape index (κ1) is 12.8. The van der Waals surface area contributed by atoms with Crippen molar-refractivity contribution in [2.24, 2.45) is 0 Å². The first-order valence-electron chi connectivity index (χ1n) is 5.36. The third kappa shape index (κ3) is 2.16. The van der Waals surface area contributed by atoms with Gasteiger partial charge in [0.25, 0.3) is 0 Å². The second kappa shape index (κ2) is 4.90. The van der Waals surface area contributed by atoms with Crippen LogP contribution in [-0.4, -0.2) is 17.1 Å². The van der Waals surface area contributed by atoms with Gasteiger partial charge < -0.3 is 4.74 Å². The Balaban J connectivity index is 2.67. The highest BCUT2D eigenvalue weighted by Crippen LogP contribution is 2.33. The van der Waals surface area contributed by atoms with Gasteiger partial charge in [0.1, 0.15) is 17.9 Å². The Morgan fingerprint density at radius 1 is 1.22 bits per heavy atom. The second-order valence-corrected chi connectivity index (χ2v) is 4.31. The van der Waals surface area contributed by atoms with E-state index in [0.29, 0.717) is 17.0 Å². The van der Waals surface area contributed by atoms with Gasteiger partial charge >= 0.3 is 0 Å². The number of hydrogen-bond acceptors (Lipinski definition) is 3. The van der Waals surface area contributed by atoms with Gasteiger partial charge in [-0.05, 0) is 31.5 Å². The lowest BCUT2D eigenvalue weighted by atomic mass is 10.1. The molecule has 0 aliphatic rings. The highest BCUT2D eigenvalue weighted by molar-refractivity contribution is 6.32. The molecule has 1 heterocycles. The highest BCUT2D eigenvalue weighted by Gasteiger charge is 2.14. The summed E-state index contributed by atoms with van der Waals surface area (Å²) < 4.78 is 19.1. The van der Waals surface area contributed by atoms with E-state index in [1.54, 1.807) is 6.07 Å². The third-order valence-corrected chi connectivity index (χ3v) is 3.13. The lowest BCUT2D eigenvalue weighted by Gasteiger charge is -2.10. The van der Waals surface area contributed by atoms with Crippen LogP contribution in [0.1, 0.15) is 11.3 Å². The number of hydrogen-bond donors (Lipinski definition) is 0. The normalized spacial score (nSPS) is 10.5. The van der Waals surface area contributed by atoms with E-state index in [9.17, 15) is 4.39 Å². The van der Waals surface area contributed by atoms with Crippen LogP contribution in [0.2, 0.25) is 5.02 Å². The molecule has 2 aromatic rings. The van der Waals surface area contributed by atoms with Crippen molar-refractivity contribution in [2.45, 2.75) is 13.8 Å². The standard InChI is InChI=1S/C13H12ClFN2O/c1-7-8(2)16-6-17-13(7)9-4-12(18-3)10(14)5-11(9)15/h4-6H,1-3H3. The molecule has 0 unspecified atom stereocenters. The lowest BCUT2D eigenvalue weighted by molar-refractivity contribution is 0.414. The Morgan fingerprint density at radius 3 is 2.61 bits per heavy atom. The van der Waals surface area contributed by atoms with Crippen molar-refractivity contribution in [1.29, 1.82) is 0 Å². The Bertz CT molecular complexity index is 602. The van der Waals surface area contributed by atoms with E-state index in [-0.39, 0.29) is 5.02 Å². The fraction of sp³-hybridized carbons (Fsp3) is 0.231. The maximum atomic E-state index is 14.0. The summed E-state index contributed by atoms with van der Waals surface area (Å²) in [5.74, 6) is -0.00858. The SMILES string of the molecule is COc1cc(-c2ncnc(C)c2C)c(F)cc1Cl. The fourth-order valence-corrected chi connectivity index (χ4v) is 1.90. The Labute approximate surface area is 110 Å². The second-order valence-electron chi connectivity index (χ2n) is 3.90. The fourth-order valence-electron chi connectivity index (χ4n) is 1.68. The number of ether oxygens (including phenoxy) is 1. The van der Waals surface area contributed by atoms with E-state index in [0.717, 1.165) is 11.3 Å². The van der Waals surface area contributed by atoms with Crippen molar-refractivity contribution >= 4 is 11.6 Å². The number of rotatable bonds is 2. The molecule has 0 aliphatic heterocycles. The van der Waals surface area contributed by atoms with Gasteiger partial charge in [-0.3, -0.25) is 0 Å². The van der Waals surface area contributed by atoms with E-state index in [4.69, 9.17) is 16.3 Å². The van der Waals surface area contributed by atoms with Crippen molar-refractivity contribution in [3.8, 4) is 17.0 Å². The summed E-state index contributed by atoms with van der Waals surface area (Å²) in [4.78, 5) is 8.19. The van der Waals surface area contributed by atoms with Crippen LogP contribution in [0.15, 0.2) is 18.5 Å². The van der Waals surface area contributed by atoms with Crippen LogP contribution in [0.25, 0.3) is 11.3 Å². The quantitative estimate of drug-likeness (QED) is 0.834. The molecule has 1 aromatic heterocycles. The molecule has 18 heavy (non-hydrogen) atoms. The van der Waals surface area contributed by atoms with Crippen LogP contribution in [0.3, 0.4) is 0 Å². The molecule has 0 bridgehead atoms. The summed E-state index contributed by atoms with van der Waals surface area (Å²) in [5, 5.41) is 0.238. The van der Waals surface area contributed by atoms with E-state index in [1.165, 1.54) is 19.5 Å². The molecule has 0 atom stereocenters. The van der Waals surface area contributed by atoms with Crippen LogP contribution in [0.5, 0.6) is 5.75 Å². The summed E-state index contributed by atoms with van der Waals surface area (Å²) in [6.45, 7) is 3.71. The number of halogens is 2. The summed E-state index contributed by atoms with van der Waals surface area (Å²) >= 11 is 5.86. The molecular formula is C13H12ClFN2O. The molecule has 0 N–H and O–H groups in total. The molecule has 2 rings (SSSR count). The third-order valence-electron chi connectivity index (χ3n) is 2.83. The molecule has 0 radical (unpaired) electrons. The molecule has 0 aliphatic carbocycles. The molecule has 0 saturated heterocycles. The van der Waals surface area contributed by atoms with Crippen LogP contribution in [0.4, 0.5) is 4.39 Å². The average molecular weight is 267 g/mol. The summed E-state index contributed by atoms with van der Waals surface area (Å²) in [6.07, 6.45) is 1.41. The van der Waals surface area contributed by atoms with Crippen LogP contribution in [0, 0.1) is 19.7 Å². The monoisotopic (exact) mass is 266 g/mol. The number of aryl methyl sites for hydroxylation is 1. The first-order chi connectivity index (χ1) is 8.54. The van der Waals surface area contributed by atoms with Gasteiger partial charge in [-0.25, -0.2) is 14.4 Å². The largest absolute Gasteiger partial charge is 0.495 e. The lowest BCUT2D eigenvalue weighted by Crippen LogP contribution is -1.97. The van der Waals surface area contributed by atoms with Crippen molar-refractivity contribution in [1.82, 2.24) is 9.97 Å². The van der Waals surface area contributed by atoms with Crippen molar-refractivity contribution in [3.05, 3.63) is 40.6 Å². The Morgan fingerprint density at radius 2 is 1.94 bits per heavy atom. The van der Waals surface area contributed by atoms with Crippen molar-refractivity contribution in [2.75, 3.05) is 7.11 Å². The topological polar surface area (TPSA) is 35.0 Å². The number of nitrogens with zero attached hydrogens (tertiary/aromatic N) is 2. The van der Waals surface area contributed by atoms with Crippen molar-refractivity contribution < 1.29 is 9.13 Å². The molecule has 0 saturated carbocycles. The Hall–Kier alpha value is -1.68. The molecule has 0 fully saturated rings. The predicted octanol–water partition coefficient (Wildman–Crippen LogP) is 3.56. The van der Waals surface area contributed by atoms with Gasteiger partial charge in [0.05, 0.1) is 17.8 Å². The highest BCUT2D eigenvalue weighted by atomic mass is 35.5. The zero-order valence-corrected chi connectivity index (χ0v) is 11.0. The van der Waals surface area contributed by atoms with Gasteiger partial charge in [0, 0.05) is 11.3 Å². The van der Waals surface area contributed by atoms with Gasteiger partial charge in [-0.15, -0.1) is 0 Å². The van der Waals surface area contributed by atoms with Gasteiger partial charge in [-0.2, -0.15) is 0 Å². The van der Waals surface area contributed by atoms with Gasteiger partial charge in [0.2, 0.25) is 0 Å². The maximum absolute atomic E-state index is 14.0. The van der Waals surface area contributed by atoms with Crippen molar-refractivity contribution in [3.63, 3.8) is 0 Å². The zero-order valence-electron chi connectivity index (χ0n) is 10.3. The minimum atomic E-state index is -0.429. The van der Waals surface area contributed by atoms with Gasteiger partial charge in [-0.1, -0.05) is 11.6 Å². The predicted molar refractivity (Wildman–Crippen MR) is 68.5 cm³/mol.